The molecule has 2 aromatic heterocycles. The molecule has 0 aliphatic heterocycles. The Morgan fingerprint density at radius 1 is 0.654 bits per heavy atom. The minimum absolute atomic E-state index is 0.925. The summed E-state index contributed by atoms with van der Waals surface area (Å²) in [6.07, 6.45) is 1.95. The van der Waals surface area contributed by atoms with Gasteiger partial charge in [-0.15, -0.1) is 0 Å². The van der Waals surface area contributed by atoms with Crippen LogP contribution in [0.1, 0.15) is 0 Å². The highest BCUT2D eigenvalue weighted by molar-refractivity contribution is 9.10. The molecule has 0 saturated heterocycles. The highest BCUT2D eigenvalue weighted by Crippen LogP contribution is 2.33. The summed E-state index contributed by atoms with van der Waals surface area (Å²) in [5.41, 5.74) is 4.62. The molecular weight excluding hydrogens is 384 g/mol. The third-order valence-electron chi connectivity index (χ3n) is 4.72. The van der Waals surface area contributed by atoms with Crippen molar-refractivity contribution < 1.29 is 0 Å². The van der Waals surface area contributed by atoms with Gasteiger partial charge in [0.2, 0.25) is 0 Å². The van der Waals surface area contributed by atoms with Gasteiger partial charge in [-0.3, -0.25) is 4.57 Å². The van der Waals surface area contributed by atoms with Gasteiger partial charge in [-0.2, -0.15) is 0 Å². The van der Waals surface area contributed by atoms with Gasteiger partial charge < -0.3 is 0 Å². The summed E-state index contributed by atoms with van der Waals surface area (Å²) in [5, 5.41) is 2.47. The molecule has 26 heavy (non-hydrogen) atoms. The molecule has 3 heteroatoms. The summed E-state index contributed by atoms with van der Waals surface area (Å²) in [6.45, 7) is 0. The van der Waals surface area contributed by atoms with Crippen LogP contribution in [0.4, 0.5) is 0 Å². The van der Waals surface area contributed by atoms with E-state index < -0.39 is 0 Å². The quantitative estimate of drug-likeness (QED) is 0.327. The van der Waals surface area contributed by atoms with Gasteiger partial charge in [0, 0.05) is 27.0 Å². The lowest BCUT2D eigenvalue weighted by atomic mass is 10.1. The van der Waals surface area contributed by atoms with Crippen molar-refractivity contribution in [1.82, 2.24) is 9.55 Å². The second-order valence-electron chi connectivity index (χ2n) is 6.29. The normalized spacial score (nSPS) is 11.3. The zero-order chi connectivity index (χ0) is 17.5. The van der Waals surface area contributed by atoms with E-state index in [1.807, 2.05) is 24.4 Å². The highest BCUT2D eigenvalue weighted by atomic mass is 79.9. The van der Waals surface area contributed by atoms with E-state index in [0.717, 1.165) is 21.4 Å². The Morgan fingerprint density at radius 2 is 1.42 bits per heavy atom. The van der Waals surface area contributed by atoms with Crippen LogP contribution in [0.3, 0.4) is 0 Å². The van der Waals surface area contributed by atoms with E-state index in [0.29, 0.717) is 0 Å². The van der Waals surface area contributed by atoms with Gasteiger partial charge in [0.15, 0.2) is 0 Å². The molecule has 0 aliphatic rings. The summed E-state index contributed by atoms with van der Waals surface area (Å²) in [4.78, 5) is 4.78. The van der Waals surface area contributed by atoms with Crippen LogP contribution in [0, 0.1) is 0 Å². The maximum Gasteiger partial charge on any atom is 0.137 e. The van der Waals surface area contributed by atoms with Crippen molar-refractivity contribution in [3.05, 3.63) is 95.6 Å². The van der Waals surface area contributed by atoms with Crippen molar-refractivity contribution in [3.8, 4) is 16.9 Å². The molecule has 0 N–H and O–H groups in total. The molecular formula is C23H15BrN2. The van der Waals surface area contributed by atoms with Crippen LogP contribution in [0.15, 0.2) is 95.6 Å². The predicted molar refractivity (Wildman–Crippen MR) is 112 cm³/mol. The van der Waals surface area contributed by atoms with E-state index >= 15 is 0 Å². The molecule has 2 heterocycles. The lowest BCUT2D eigenvalue weighted by molar-refractivity contribution is 1.08. The third-order valence-corrected chi connectivity index (χ3v) is 5.21. The average Bonchev–Trinajstić information content (AvgIpc) is 3.02. The molecule has 2 nitrogen and oxygen atoms in total. The van der Waals surface area contributed by atoms with E-state index in [1.165, 1.54) is 21.9 Å². The zero-order valence-electron chi connectivity index (χ0n) is 13.9. The van der Waals surface area contributed by atoms with Crippen LogP contribution in [0.25, 0.3) is 38.8 Å². The fraction of sp³-hybridized carbons (Fsp3) is 0. The van der Waals surface area contributed by atoms with Gasteiger partial charge in [-0.25, -0.2) is 4.98 Å². The Hall–Kier alpha value is -2.91. The molecule has 0 spiro atoms. The number of hydrogen-bond acceptors (Lipinski definition) is 1. The smallest absolute Gasteiger partial charge is 0.137 e. The zero-order valence-corrected chi connectivity index (χ0v) is 15.5. The fourth-order valence-corrected chi connectivity index (χ4v) is 3.86. The minimum atomic E-state index is 0.925. The van der Waals surface area contributed by atoms with Crippen molar-refractivity contribution in [2.24, 2.45) is 0 Å². The van der Waals surface area contributed by atoms with Crippen molar-refractivity contribution in [2.75, 3.05) is 0 Å². The van der Waals surface area contributed by atoms with Crippen LogP contribution in [-0.2, 0) is 0 Å². The Kier molecular flexibility index (Phi) is 3.61. The molecule has 5 rings (SSSR count). The van der Waals surface area contributed by atoms with Crippen LogP contribution < -0.4 is 0 Å². The van der Waals surface area contributed by atoms with Crippen molar-refractivity contribution in [2.45, 2.75) is 0 Å². The first-order valence-corrected chi connectivity index (χ1v) is 9.31. The molecule has 124 valence electrons. The molecule has 0 bridgehead atoms. The van der Waals surface area contributed by atoms with Crippen LogP contribution in [-0.4, -0.2) is 9.55 Å². The Bertz CT molecular complexity index is 1220. The van der Waals surface area contributed by atoms with Gasteiger partial charge in [0.1, 0.15) is 5.82 Å². The minimum Gasteiger partial charge on any atom is -0.294 e. The maximum absolute atomic E-state index is 4.78. The number of halogens is 1. The molecule has 0 aliphatic carbocycles. The predicted octanol–water partition coefficient (Wildman–Crippen LogP) is 6.61. The second kappa shape index (κ2) is 6.11. The van der Waals surface area contributed by atoms with Gasteiger partial charge in [0.05, 0.1) is 11.0 Å². The summed E-state index contributed by atoms with van der Waals surface area (Å²) >= 11 is 3.60. The van der Waals surface area contributed by atoms with Crippen LogP contribution in [0.5, 0.6) is 0 Å². The Balaban J connectivity index is 1.74. The third kappa shape index (κ3) is 2.44. The lowest BCUT2D eigenvalue weighted by Crippen LogP contribution is -1.97. The Labute approximate surface area is 159 Å². The standard InChI is InChI=1S/C23H15BrN2/c24-18-11-12-20-19-8-4-5-9-21(19)26(22(20)14-18)23-13-10-17(15-25-23)16-6-2-1-3-7-16/h1-15H. The first kappa shape index (κ1) is 15.4. The molecule has 0 unspecified atom stereocenters. The number of aromatic nitrogens is 2. The fourth-order valence-electron chi connectivity index (χ4n) is 3.51. The van der Waals surface area contributed by atoms with E-state index in [1.54, 1.807) is 0 Å². The SMILES string of the molecule is Brc1ccc2c3ccccc3n(-c3ccc(-c4ccccc4)cn3)c2c1. The number of para-hydroxylation sites is 1. The average molecular weight is 399 g/mol. The van der Waals surface area contributed by atoms with Crippen molar-refractivity contribution in [3.63, 3.8) is 0 Å². The number of pyridine rings is 1. The molecule has 5 aromatic rings. The van der Waals surface area contributed by atoms with Crippen LogP contribution >= 0.6 is 15.9 Å². The van der Waals surface area contributed by atoms with Crippen molar-refractivity contribution >= 4 is 37.7 Å². The molecule has 0 saturated carbocycles. The summed E-state index contributed by atoms with van der Waals surface area (Å²) in [5.74, 6) is 0.925. The summed E-state index contributed by atoms with van der Waals surface area (Å²) in [6, 6.07) is 29.4. The maximum atomic E-state index is 4.78. The summed E-state index contributed by atoms with van der Waals surface area (Å²) in [7, 11) is 0. The second-order valence-corrected chi connectivity index (χ2v) is 7.20. The van der Waals surface area contributed by atoms with Gasteiger partial charge >= 0.3 is 0 Å². The summed E-state index contributed by atoms with van der Waals surface area (Å²) < 4.78 is 3.29. The molecule has 0 radical (unpaired) electrons. The first-order chi connectivity index (χ1) is 12.8. The van der Waals surface area contributed by atoms with Gasteiger partial charge in [-0.1, -0.05) is 70.5 Å². The molecule has 0 atom stereocenters. The highest BCUT2D eigenvalue weighted by Gasteiger charge is 2.13. The number of rotatable bonds is 2. The molecule has 0 fully saturated rings. The Morgan fingerprint density at radius 3 is 2.23 bits per heavy atom. The largest absolute Gasteiger partial charge is 0.294 e. The lowest BCUT2D eigenvalue weighted by Gasteiger charge is -2.08. The monoisotopic (exact) mass is 398 g/mol. The number of fused-ring (bicyclic) bond motifs is 3. The van der Waals surface area contributed by atoms with Crippen molar-refractivity contribution in [1.29, 1.82) is 0 Å². The topological polar surface area (TPSA) is 17.8 Å². The molecule has 0 amide bonds. The van der Waals surface area contributed by atoms with E-state index in [-0.39, 0.29) is 0 Å². The van der Waals surface area contributed by atoms with E-state index in [2.05, 4.69) is 87.2 Å². The number of benzene rings is 3. The van der Waals surface area contributed by atoms with Gasteiger partial charge in [0.25, 0.3) is 0 Å². The van der Waals surface area contributed by atoms with Gasteiger partial charge in [-0.05, 0) is 35.9 Å². The van der Waals surface area contributed by atoms with Crippen LogP contribution in [0.2, 0.25) is 0 Å². The van der Waals surface area contributed by atoms with E-state index in [4.69, 9.17) is 4.98 Å². The number of hydrogen-bond donors (Lipinski definition) is 0. The van der Waals surface area contributed by atoms with E-state index in [9.17, 15) is 0 Å². The first-order valence-electron chi connectivity index (χ1n) is 8.52. The molecule has 3 aromatic carbocycles. The number of nitrogens with zero attached hydrogens (tertiary/aromatic N) is 2.